The van der Waals surface area contributed by atoms with Gasteiger partial charge in [-0.15, -0.1) is 0 Å². The van der Waals surface area contributed by atoms with Crippen LogP contribution in [-0.2, 0) is 0 Å². The lowest BCUT2D eigenvalue weighted by atomic mass is 10.4. The van der Waals surface area contributed by atoms with Crippen LogP contribution in [0.4, 0.5) is 0 Å². The molecule has 0 amide bonds. The molecule has 0 aliphatic carbocycles. The lowest BCUT2D eigenvalue weighted by Crippen LogP contribution is -2.26. The number of alkyl halides is 1. The first kappa shape index (κ1) is 10.7. The summed E-state index contributed by atoms with van der Waals surface area (Å²) in [6.07, 6.45) is 0.907. The van der Waals surface area contributed by atoms with Gasteiger partial charge in [-0.3, -0.25) is 0 Å². The van der Waals surface area contributed by atoms with Gasteiger partial charge in [-0.05, 0) is 13.0 Å². The van der Waals surface area contributed by atoms with Crippen LogP contribution in [0, 0.1) is 0 Å². The molecule has 10 heavy (non-hydrogen) atoms. The molecule has 0 atom stereocenters. The van der Waals surface area contributed by atoms with Crippen molar-refractivity contribution in [2.24, 2.45) is 0 Å². The van der Waals surface area contributed by atoms with Crippen molar-refractivity contribution in [1.29, 1.82) is 0 Å². The highest BCUT2D eigenvalue weighted by Gasteiger charge is 1.98. The van der Waals surface area contributed by atoms with Gasteiger partial charge in [0.25, 0.3) is 0 Å². The van der Waals surface area contributed by atoms with Gasteiger partial charge < -0.3 is 10.0 Å². The highest BCUT2D eigenvalue weighted by molar-refractivity contribution is 14.1. The van der Waals surface area contributed by atoms with Crippen molar-refractivity contribution in [1.82, 2.24) is 4.90 Å². The molecule has 62 valence electrons. The van der Waals surface area contributed by atoms with Crippen molar-refractivity contribution in [3.63, 3.8) is 0 Å². The number of hydrogen-bond donors (Lipinski definition) is 1. The van der Waals surface area contributed by atoms with Crippen LogP contribution in [-0.4, -0.2) is 40.7 Å². The fraction of sp³-hybridized carbons (Fsp3) is 1.00. The molecule has 0 aliphatic heterocycles. The lowest BCUT2D eigenvalue weighted by molar-refractivity contribution is 0.238. The minimum absolute atomic E-state index is 0.317. The van der Waals surface area contributed by atoms with E-state index in [0.29, 0.717) is 6.61 Å². The molecule has 0 radical (unpaired) electrons. The van der Waals surface area contributed by atoms with E-state index in [0.717, 1.165) is 26.1 Å². The van der Waals surface area contributed by atoms with Crippen LogP contribution < -0.4 is 0 Å². The maximum atomic E-state index is 8.55. The number of halogens is 1. The number of hydrogen-bond acceptors (Lipinski definition) is 2. The Balaban J connectivity index is 3.21. The third-order valence-electron chi connectivity index (χ3n) is 1.48. The van der Waals surface area contributed by atoms with E-state index in [1.165, 1.54) is 4.43 Å². The highest BCUT2D eigenvalue weighted by Crippen LogP contribution is 1.92. The zero-order chi connectivity index (χ0) is 7.82. The zero-order valence-corrected chi connectivity index (χ0v) is 8.67. The van der Waals surface area contributed by atoms with Crippen LogP contribution in [0.25, 0.3) is 0 Å². The number of nitrogens with zero attached hydrogens (tertiary/aromatic N) is 1. The molecular weight excluding hydrogens is 241 g/mol. The molecule has 2 nitrogen and oxygen atoms in total. The second-order valence-corrected chi connectivity index (χ2v) is 3.28. The Morgan fingerprint density at radius 1 is 1.40 bits per heavy atom. The van der Waals surface area contributed by atoms with Gasteiger partial charge in [0.05, 0.1) is 0 Å². The first-order valence-corrected chi connectivity index (χ1v) is 5.26. The molecule has 0 spiro atoms. The maximum absolute atomic E-state index is 8.55. The Morgan fingerprint density at radius 2 is 2.10 bits per heavy atom. The van der Waals surface area contributed by atoms with Crippen molar-refractivity contribution < 1.29 is 5.11 Å². The van der Waals surface area contributed by atoms with E-state index in [9.17, 15) is 0 Å². The van der Waals surface area contributed by atoms with Crippen LogP contribution in [0.5, 0.6) is 0 Å². The molecule has 1 N–H and O–H groups in total. The quantitative estimate of drug-likeness (QED) is 0.569. The van der Waals surface area contributed by atoms with Crippen LogP contribution >= 0.6 is 22.6 Å². The van der Waals surface area contributed by atoms with E-state index in [4.69, 9.17) is 5.11 Å². The standard InChI is InChI=1S/C7H16INO/c1-2-9(6-4-8)5-3-7-10/h10H,2-7H2,1H3. The van der Waals surface area contributed by atoms with Crippen molar-refractivity contribution in [3.8, 4) is 0 Å². The lowest BCUT2D eigenvalue weighted by Gasteiger charge is -2.17. The summed E-state index contributed by atoms with van der Waals surface area (Å²) in [6, 6.07) is 0. The van der Waals surface area contributed by atoms with Crippen LogP contribution in [0.15, 0.2) is 0 Å². The predicted molar refractivity (Wildman–Crippen MR) is 52.7 cm³/mol. The Bertz CT molecular complexity index is 70.6. The molecule has 0 aromatic heterocycles. The van der Waals surface area contributed by atoms with E-state index >= 15 is 0 Å². The third kappa shape index (κ3) is 5.44. The van der Waals surface area contributed by atoms with Gasteiger partial charge in [0, 0.05) is 24.1 Å². The summed E-state index contributed by atoms with van der Waals surface area (Å²) in [7, 11) is 0. The molecule has 0 unspecified atom stereocenters. The zero-order valence-electron chi connectivity index (χ0n) is 6.52. The molecule has 0 heterocycles. The van der Waals surface area contributed by atoms with Gasteiger partial charge in [-0.25, -0.2) is 0 Å². The van der Waals surface area contributed by atoms with Gasteiger partial charge in [0.15, 0.2) is 0 Å². The molecule has 0 saturated carbocycles. The van der Waals surface area contributed by atoms with Crippen molar-refractivity contribution in [2.45, 2.75) is 13.3 Å². The SMILES string of the molecule is CCN(CCI)CCCO. The van der Waals surface area contributed by atoms with Crippen molar-refractivity contribution >= 4 is 22.6 Å². The third-order valence-corrected chi connectivity index (χ3v) is 1.96. The van der Waals surface area contributed by atoms with Gasteiger partial charge in [0.1, 0.15) is 0 Å². The molecule has 0 aromatic rings. The van der Waals surface area contributed by atoms with Gasteiger partial charge >= 0.3 is 0 Å². The van der Waals surface area contributed by atoms with E-state index in [2.05, 4.69) is 34.4 Å². The molecule has 0 bridgehead atoms. The smallest absolute Gasteiger partial charge is 0.0443 e. The molecule has 0 fully saturated rings. The topological polar surface area (TPSA) is 23.5 Å². The summed E-state index contributed by atoms with van der Waals surface area (Å²) in [5, 5.41) is 8.55. The molecular formula is C7H16INO. The number of aliphatic hydroxyl groups is 1. The average Bonchev–Trinajstić information content (AvgIpc) is 1.98. The summed E-state index contributed by atoms with van der Waals surface area (Å²) in [5.41, 5.74) is 0. The molecule has 0 aromatic carbocycles. The summed E-state index contributed by atoms with van der Waals surface area (Å²) < 4.78 is 1.18. The Morgan fingerprint density at radius 3 is 2.50 bits per heavy atom. The average molecular weight is 257 g/mol. The van der Waals surface area contributed by atoms with E-state index in [1.807, 2.05) is 0 Å². The van der Waals surface area contributed by atoms with Gasteiger partial charge in [-0.1, -0.05) is 29.5 Å². The fourth-order valence-electron chi connectivity index (χ4n) is 0.842. The molecule has 0 saturated heterocycles. The summed E-state index contributed by atoms with van der Waals surface area (Å²) in [6.45, 7) is 5.76. The number of aliphatic hydroxyl groups excluding tert-OH is 1. The van der Waals surface area contributed by atoms with Crippen LogP contribution in [0.1, 0.15) is 13.3 Å². The number of rotatable bonds is 6. The van der Waals surface area contributed by atoms with Crippen molar-refractivity contribution in [2.75, 3.05) is 30.7 Å². The molecule has 3 heteroatoms. The molecule has 0 rings (SSSR count). The van der Waals surface area contributed by atoms with E-state index < -0.39 is 0 Å². The monoisotopic (exact) mass is 257 g/mol. The summed E-state index contributed by atoms with van der Waals surface area (Å²) in [5.74, 6) is 0. The molecule has 0 aliphatic rings. The normalized spacial score (nSPS) is 10.8. The van der Waals surface area contributed by atoms with Gasteiger partial charge in [-0.2, -0.15) is 0 Å². The largest absolute Gasteiger partial charge is 0.396 e. The maximum Gasteiger partial charge on any atom is 0.0443 e. The highest BCUT2D eigenvalue weighted by atomic mass is 127. The Hall–Kier alpha value is 0.650. The van der Waals surface area contributed by atoms with Crippen LogP contribution in [0.3, 0.4) is 0 Å². The second kappa shape index (κ2) is 7.75. The van der Waals surface area contributed by atoms with Gasteiger partial charge in [0.2, 0.25) is 0 Å². The minimum atomic E-state index is 0.317. The Kier molecular flexibility index (Phi) is 8.26. The second-order valence-electron chi connectivity index (χ2n) is 2.20. The first-order valence-electron chi connectivity index (χ1n) is 3.74. The predicted octanol–water partition coefficient (Wildman–Crippen LogP) is 1.13. The van der Waals surface area contributed by atoms with E-state index in [-0.39, 0.29) is 0 Å². The fourth-order valence-corrected chi connectivity index (χ4v) is 1.52. The van der Waals surface area contributed by atoms with E-state index in [1.54, 1.807) is 0 Å². The Labute approximate surface area is 76.7 Å². The van der Waals surface area contributed by atoms with Crippen molar-refractivity contribution in [3.05, 3.63) is 0 Å². The summed E-state index contributed by atoms with van der Waals surface area (Å²) >= 11 is 2.37. The minimum Gasteiger partial charge on any atom is -0.396 e. The van der Waals surface area contributed by atoms with Crippen LogP contribution in [0.2, 0.25) is 0 Å². The summed E-state index contributed by atoms with van der Waals surface area (Å²) in [4.78, 5) is 2.35. The first-order chi connectivity index (χ1) is 4.85.